The summed E-state index contributed by atoms with van der Waals surface area (Å²) in [6.45, 7) is 3.42. The molecule has 0 aliphatic heterocycles. The van der Waals surface area contributed by atoms with Crippen LogP contribution in [0.5, 0.6) is 0 Å². The molecule has 0 amide bonds. The average Bonchev–Trinajstić information content (AvgIpc) is 2.31. The Hall–Kier alpha value is -0.920. The van der Waals surface area contributed by atoms with Crippen LogP contribution >= 0.6 is 11.5 Å². The fraction of sp³-hybridized carbons (Fsp3) is 0.429. The molecule has 11 heavy (non-hydrogen) atoms. The van der Waals surface area contributed by atoms with E-state index >= 15 is 0 Å². The lowest BCUT2D eigenvalue weighted by atomic mass is 10.4. The van der Waals surface area contributed by atoms with E-state index in [0.717, 1.165) is 5.82 Å². The summed E-state index contributed by atoms with van der Waals surface area (Å²) in [6.07, 6.45) is -0.598. The van der Waals surface area contributed by atoms with Gasteiger partial charge >= 0.3 is 0 Å². The Labute approximate surface area is 69.3 Å². The number of aromatic nitrogens is 2. The first kappa shape index (κ1) is 8.18. The molecule has 0 fully saturated rings. The summed E-state index contributed by atoms with van der Waals surface area (Å²) in [5.74, 6) is 6.03. The van der Waals surface area contributed by atoms with Gasteiger partial charge in [-0.25, -0.2) is 4.98 Å². The summed E-state index contributed by atoms with van der Waals surface area (Å²) < 4.78 is 3.94. The minimum atomic E-state index is -0.598. The van der Waals surface area contributed by atoms with Crippen molar-refractivity contribution < 1.29 is 5.11 Å². The molecule has 0 spiro atoms. The Morgan fingerprint density at radius 1 is 1.64 bits per heavy atom. The number of aliphatic hydroxyl groups excluding tert-OH is 1. The van der Waals surface area contributed by atoms with E-state index < -0.39 is 6.10 Å². The minimum Gasteiger partial charge on any atom is -0.381 e. The summed E-state index contributed by atoms with van der Waals surface area (Å²) in [7, 11) is 0. The standard InChI is InChI=1S/C7H8N2OS/c1-5(10)3-4-7-8-6(2)9-11-7/h5,10H,1-2H3/t5-/m0/s1. The first-order chi connectivity index (χ1) is 5.18. The summed E-state index contributed by atoms with van der Waals surface area (Å²) in [5, 5.41) is 9.46. The number of aliphatic hydroxyl groups is 1. The van der Waals surface area contributed by atoms with Gasteiger partial charge in [0, 0.05) is 0 Å². The van der Waals surface area contributed by atoms with Gasteiger partial charge in [0.2, 0.25) is 0 Å². The molecule has 0 saturated carbocycles. The molecule has 0 radical (unpaired) electrons. The fourth-order valence-electron chi connectivity index (χ4n) is 0.514. The highest BCUT2D eigenvalue weighted by Gasteiger charge is 1.94. The fourth-order valence-corrected chi connectivity index (χ4v) is 1.05. The van der Waals surface area contributed by atoms with Gasteiger partial charge in [-0.3, -0.25) is 0 Å². The zero-order valence-electron chi connectivity index (χ0n) is 6.33. The van der Waals surface area contributed by atoms with E-state index in [2.05, 4.69) is 21.2 Å². The molecule has 0 saturated heterocycles. The van der Waals surface area contributed by atoms with E-state index in [1.807, 2.05) is 6.92 Å². The highest BCUT2D eigenvalue weighted by Crippen LogP contribution is 2.00. The second kappa shape index (κ2) is 3.46. The van der Waals surface area contributed by atoms with Crippen LogP contribution < -0.4 is 0 Å². The van der Waals surface area contributed by atoms with Crippen molar-refractivity contribution in [3.8, 4) is 11.8 Å². The number of hydrogen-bond donors (Lipinski definition) is 1. The van der Waals surface area contributed by atoms with Crippen LogP contribution in [-0.2, 0) is 0 Å². The van der Waals surface area contributed by atoms with Crippen LogP contribution in [0.3, 0.4) is 0 Å². The van der Waals surface area contributed by atoms with Crippen molar-refractivity contribution in [2.45, 2.75) is 20.0 Å². The van der Waals surface area contributed by atoms with Gasteiger partial charge in [0.25, 0.3) is 0 Å². The number of hydrogen-bond acceptors (Lipinski definition) is 4. The average molecular weight is 168 g/mol. The second-order valence-electron chi connectivity index (χ2n) is 2.09. The molecule has 0 aromatic carbocycles. The monoisotopic (exact) mass is 168 g/mol. The van der Waals surface area contributed by atoms with Gasteiger partial charge in [-0.1, -0.05) is 5.92 Å². The van der Waals surface area contributed by atoms with Gasteiger partial charge in [-0.05, 0) is 31.3 Å². The van der Waals surface area contributed by atoms with Crippen molar-refractivity contribution in [2.75, 3.05) is 0 Å². The number of nitrogens with zero attached hydrogens (tertiary/aromatic N) is 2. The maximum Gasteiger partial charge on any atom is 0.186 e. The van der Waals surface area contributed by atoms with E-state index in [0.29, 0.717) is 5.01 Å². The van der Waals surface area contributed by atoms with Crippen molar-refractivity contribution in [1.82, 2.24) is 9.36 Å². The molecule has 1 heterocycles. The normalized spacial score (nSPS) is 11.9. The number of rotatable bonds is 0. The van der Waals surface area contributed by atoms with Gasteiger partial charge in [0.05, 0.1) is 0 Å². The minimum absolute atomic E-state index is 0.598. The predicted octanol–water partition coefficient (Wildman–Crippen LogP) is 0.579. The van der Waals surface area contributed by atoms with E-state index in [-0.39, 0.29) is 0 Å². The first-order valence-electron chi connectivity index (χ1n) is 3.18. The molecule has 0 aliphatic carbocycles. The molecule has 1 aromatic rings. The summed E-state index contributed by atoms with van der Waals surface area (Å²) >= 11 is 1.25. The Morgan fingerprint density at radius 2 is 2.36 bits per heavy atom. The molecule has 0 aliphatic rings. The molecular weight excluding hydrogens is 160 g/mol. The predicted molar refractivity (Wildman–Crippen MR) is 43.2 cm³/mol. The molecule has 1 N–H and O–H groups in total. The quantitative estimate of drug-likeness (QED) is 0.576. The van der Waals surface area contributed by atoms with E-state index in [1.165, 1.54) is 11.5 Å². The first-order valence-corrected chi connectivity index (χ1v) is 3.96. The third-order valence-corrected chi connectivity index (χ3v) is 1.64. The highest BCUT2D eigenvalue weighted by atomic mass is 32.1. The molecule has 1 aromatic heterocycles. The van der Waals surface area contributed by atoms with Gasteiger partial charge < -0.3 is 5.11 Å². The molecule has 1 atom stereocenters. The lowest BCUT2D eigenvalue weighted by Crippen LogP contribution is -1.92. The maximum atomic E-state index is 8.80. The molecule has 58 valence electrons. The SMILES string of the molecule is Cc1nsc(C#C[C@H](C)O)n1. The zero-order valence-corrected chi connectivity index (χ0v) is 7.14. The topological polar surface area (TPSA) is 46.0 Å². The lowest BCUT2D eigenvalue weighted by Gasteiger charge is -1.84. The summed E-state index contributed by atoms with van der Waals surface area (Å²) in [6, 6.07) is 0. The van der Waals surface area contributed by atoms with Crippen molar-refractivity contribution >= 4 is 11.5 Å². The molecule has 0 unspecified atom stereocenters. The molecule has 0 bridgehead atoms. The Bertz CT molecular complexity index is 295. The van der Waals surface area contributed by atoms with Crippen molar-refractivity contribution in [3.63, 3.8) is 0 Å². The smallest absolute Gasteiger partial charge is 0.186 e. The largest absolute Gasteiger partial charge is 0.381 e. The molecule has 3 nitrogen and oxygen atoms in total. The Morgan fingerprint density at radius 3 is 2.82 bits per heavy atom. The zero-order chi connectivity index (χ0) is 8.27. The van der Waals surface area contributed by atoms with E-state index in [9.17, 15) is 0 Å². The van der Waals surface area contributed by atoms with Crippen LogP contribution in [0.2, 0.25) is 0 Å². The summed E-state index contributed by atoms with van der Waals surface area (Å²) in [5.41, 5.74) is 0. The molecular formula is C7H8N2OS. The van der Waals surface area contributed by atoms with Gasteiger partial charge in [0.1, 0.15) is 11.9 Å². The molecule has 1 rings (SSSR count). The Kier molecular flexibility index (Phi) is 2.58. The third kappa shape index (κ3) is 2.66. The van der Waals surface area contributed by atoms with Crippen LogP contribution in [0.1, 0.15) is 17.8 Å². The summed E-state index contributed by atoms with van der Waals surface area (Å²) in [4.78, 5) is 4.01. The van der Waals surface area contributed by atoms with Crippen molar-refractivity contribution in [1.29, 1.82) is 0 Å². The van der Waals surface area contributed by atoms with Gasteiger partial charge in [-0.15, -0.1) is 0 Å². The van der Waals surface area contributed by atoms with Crippen molar-refractivity contribution in [3.05, 3.63) is 10.8 Å². The number of aryl methyl sites for hydroxylation is 1. The molecule has 4 heteroatoms. The van der Waals surface area contributed by atoms with E-state index in [4.69, 9.17) is 5.11 Å². The van der Waals surface area contributed by atoms with Crippen LogP contribution in [0.4, 0.5) is 0 Å². The van der Waals surface area contributed by atoms with Crippen LogP contribution in [0.25, 0.3) is 0 Å². The van der Waals surface area contributed by atoms with Crippen molar-refractivity contribution in [2.24, 2.45) is 0 Å². The van der Waals surface area contributed by atoms with Crippen LogP contribution in [-0.4, -0.2) is 20.6 Å². The van der Waals surface area contributed by atoms with Gasteiger partial charge in [-0.2, -0.15) is 4.37 Å². The Balaban J connectivity index is 2.74. The van der Waals surface area contributed by atoms with E-state index in [1.54, 1.807) is 6.92 Å². The third-order valence-electron chi connectivity index (χ3n) is 0.916. The van der Waals surface area contributed by atoms with Gasteiger partial charge in [0.15, 0.2) is 5.01 Å². The highest BCUT2D eigenvalue weighted by molar-refractivity contribution is 7.06. The van der Waals surface area contributed by atoms with Crippen LogP contribution in [0.15, 0.2) is 0 Å². The second-order valence-corrected chi connectivity index (χ2v) is 2.84. The maximum absolute atomic E-state index is 8.80. The van der Waals surface area contributed by atoms with Crippen LogP contribution in [0, 0.1) is 18.8 Å². The lowest BCUT2D eigenvalue weighted by molar-refractivity contribution is 0.253.